The van der Waals surface area contributed by atoms with Gasteiger partial charge in [-0.1, -0.05) is 42.5 Å². The minimum Gasteiger partial charge on any atom is -0.492 e. The molecule has 0 radical (unpaired) electrons. The summed E-state index contributed by atoms with van der Waals surface area (Å²) in [6, 6.07) is 19.8. The highest BCUT2D eigenvalue weighted by Crippen LogP contribution is 2.24. The largest absolute Gasteiger partial charge is 0.492 e. The van der Waals surface area contributed by atoms with Crippen LogP contribution in [0.2, 0.25) is 0 Å². The van der Waals surface area contributed by atoms with Crippen LogP contribution in [0.15, 0.2) is 72.9 Å². The number of ether oxygens (including phenoxy) is 1. The topological polar surface area (TPSA) is 80.3 Å². The molecule has 0 aliphatic heterocycles. The third-order valence-electron chi connectivity index (χ3n) is 3.99. The molecule has 2 amide bonds. The Kier molecular flexibility index (Phi) is 6.36. The first kappa shape index (κ1) is 19.1. The van der Waals surface area contributed by atoms with Gasteiger partial charge in [0.15, 0.2) is 0 Å². The predicted octanol–water partition coefficient (Wildman–Crippen LogP) is 3.66. The van der Waals surface area contributed by atoms with E-state index in [1.165, 1.54) is 12.3 Å². The summed E-state index contributed by atoms with van der Waals surface area (Å²) in [4.78, 5) is 29.0. The Labute approximate surface area is 163 Å². The van der Waals surface area contributed by atoms with Crippen LogP contribution in [0.1, 0.15) is 33.3 Å². The van der Waals surface area contributed by atoms with E-state index in [0.717, 1.165) is 5.56 Å². The second-order valence-corrected chi connectivity index (χ2v) is 5.98. The van der Waals surface area contributed by atoms with Gasteiger partial charge >= 0.3 is 0 Å². The number of rotatable bonds is 7. The maximum atomic E-state index is 12.6. The average Bonchev–Trinajstić information content (AvgIpc) is 2.74. The summed E-state index contributed by atoms with van der Waals surface area (Å²) >= 11 is 0. The van der Waals surface area contributed by atoms with Crippen molar-refractivity contribution in [2.24, 2.45) is 0 Å². The van der Waals surface area contributed by atoms with Gasteiger partial charge in [0.1, 0.15) is 11.4 Å². The highest BCUT2D eigenvalue weighted by atomic mass is 16.5. The molecular weight excluding hydrogens is 354 g/mol. The standard InChI is InChI=1S/C22H21N3O3/c1-2-28-20-11-7-6-10-18(20)25-22(27)19-14-17(12-13-23-19)21(26)24-15-16-8-4-3-5-9-16/h3-14H,2,15H2,1H3,(H,24,26)(H,25,27). The van der Waals surface area contributed by atoms with Crippen molar-refractivity contribution in [3.8, 4) is 5.75 Å². The van der Waals surface area contributed by atoms with Gasteiger partial charge in [-0.05, 0) is 36.8 Å². The lowest BCUT2D eigenvalue weighted by molar-refractivity contribution is 0.0951. The molecule has 0 atom stereocenters. The monoisotopic (exact) mass is 375 g/mol. The van der Waals surface area contributed by atoms with Gasteiger partial charge < -0.3 is 15.4 Å². The minimum absolute atomic E-state index is 0.152. The summed E-state index contributed by atoms with van der Waals surface area (Å²) in [5, 5.41) is 5.62. The Bertz CT molecular complexity index is 958. The number of nitrogens with one attached hydrogen (secondary N) is 2. The molecule has 1 heterocycles. The second kappa shape index (κ2) is 9.32. The van der Waals surface area contributed by atoms with Gasteiger partial charge in [-0.2, -0.15) is 0 Å². The summed E-state index contributed by atoms with van der Waals surface area (Å²) < 4.78 is 5.51. The number of carbonyl (C=O) groups is 2. The van der Waals surface area contributed by atoms with Gasteiger partial charge in [0.05, 0.1) is 12.3 Å². The first-order chi connectivity index (χ1) is 13.7. The van der Waals surface area contributed by atoms with Crippen LogP contribution >= 0.6 is 0 Å². The minimum atomic E-state index is -0.412. The molecular formula is C22H21N3O3. The fourth-order valence-corrected chi connectivity index (χ4v) is 2.61. The number of pyridine rings is 1. The van der Waals surface area contributed by atoms with Crippen LogP contribution in [-0.2, 0) is 6.54 Å². The number of hydrogen-bond donors (Lipinski definition) is 2. The Morgan fingerprint density at radius 1 is 0.964 bits per heavy atom. The number of carbonyl (C=O) groups excluding carboxylic acids is 2. The Balaban J connectivity index is 1.68. The lowest BCUT2D eigenvalue weighted by Gasteiger charge is -2.11. The van der Waals surface area contributed by atoms with Crippen molar-refractivity contribution in [2.75, 3.05) is 11.9 Å². The molecule has 28 heavy (non-hydrogen) atoms. The zero-order valence-electron chi connectivity index (χ0n) is 15.5. The molecule has 0 spiro atoms. The molecule has 0 bridgehead atoms. The SMILES string of the molecule is CCOc1ccccc1NC(=O)c1cc(C(=O)NCc2ccccc2)ccn1. The molecule has 1 aromatic heterocycles. The smallest absolute Gasteiger partial charge is 0.274 e. The van der Waals surface area contributed by atoms with Crippen LogP contribution in [0.3, 0.4) is 0 Å². The highest BCUT2D eigenvalue weighted by molar-refractivity contribution is 6.05. The lowest BCUT2D eigenvalue weighted by atomic mass is 10.2. The van der Waals surface area contributed by atoms with E-state index in [0.29, 0.717) is 30.2 Å². The summed E-state index contributed by atoms with van der Waals surface area (Å²) in [6.45, 7) is 2.77. The predicted molar refractivity (Wildman–Crippen MR) is 107 cm³/mol. The first-order valence-corrected chi connectivity index (χ1v) is 8.98. The second-order valence-electron chi connectivity index (χ2n) is 5.98. The third-order valence-corrected chi connectivity index (χ3v) is 3.99. The number of benzene rings is 2. The van der Waals surface area contributed by atoms with Crippen LogP contribution < -0.4 is 15.4 Å². The lowest BCUT2D eigenvalue weighted by Crippen LogP contribution is -2.23. The van der Waals surface area contributed by atoms with Gasteiger partial charge in [-0.3, -0.25) is 14.6 Å². The normalized spacial score (nSPS) is 10.2. The summed E-state index contributed by atoms with van der Waals surface area (Å²) in [6.07, 6.45) is 1.45. The van der Waals surface area contributed by atoms with Gasteiger partial charge in [0.2, 0.25) is 0 Å². The van der Waals surface area contributed by atoms with E-state index in [9.17, 15) is 9.59 Å². The molecule has 0 aliphatic rings. The van der Waals surface area contributed by atoms with E-state index in [-0.39, 0.29) is 11.6 Å². The summed E-state index contributed by atoms with van der Waals surface area (Å²) in [7, 11) is 0. The molecule has 142 valence electrons. The maximum Gasteiger partial charge on any atom is 0.274 e. The fraction of sp³-hybridized carbons (Fsp3) is 0.136. The molecule has 2 aromatic carbocycles. The van der Waals surface area contributed by atoms with E-state index in [2.05, 4.69) is 15.6 Å². The molecule has 3 rings (SSSR count). The zero-order chi connectivity index (χ0) is 19.8. The number of anilines is 1. The third kappa shape index (κ3) is 4.94. The van der Waals surface area contributed by atoms with Crippen molar-refractivity contribution in [2.45, 2.75) is 13.5 Å². The highest BCUT2D eigenvalue weighted by Gasteiger charge is 2.14. The van der Waals surface area contributed by atoms with Crippen LogP contribution in [-0.4, -0.2) is 23.4 Å². The quantitative estimate of drug-likeness (QED) is 0.660. The molecule has 0 aliphatic carbocycles. The molecule has 2 N–H and O–H groups in total. The van der Waals surface area contributed by atoms with Crippen molar-refractivity contribution in [1.29, 1.82) is 0 Å². The average molecular weight is 375 g/mol. The zero-order valence-corrected chi connectivity index (χ0v) is 15.5. The van der Waals surface area contributed by atoms with Crippen LogP contribution in [0.4, 0.5) is 5.69 Å². The molecule has 0 fully saturated rings. The van der Waals surface area contributed by atoms with Crippen molar-refractivity contribution in [1.82, 2.24) is 10.3 Å². The molecule has 0 unspecified atom stereocenters. The molecule has 0 saturated heterocycles. The van der Waals surface area contributed by atoms with Gasteiger partial charge in [0, 0.05) is 18.3 Å². The van der Waals surface area contributed by atoms with E-state index in [1.54, 1.807) is 24.3 Å². The van der Waals surface area contributed by atoms with Gasteiger partial charge in [0.25, 0.3) is 11.8 Å². The van der Waals surface area contributed by atoms with Crippen molar-refractivity contribution < 1.29 is 14.3 Å². The number of hydrogen-bond acceptors (Lipinski definition) is 4. The summed E-state index contributed by atoms with van der Waals surface area (Å²) in [5.74, 6) is -0.102. The number of para-hydroxylation sites is 2. The van der Waals surface area contributed by atoms with Crippen LogP contribution in [0.25, 0.3) is 0 Å². The number of aromatic nitrogens is 1. The fourth-order valence-electron chi connectivity index (χ4n) is 2.61. The molecule has 0 saturated carbocycles. The van der Waals surface area contributed by atoms with Crippen molar-refractivity contribution >= 4 is 17.5 Å². The van der Waals surface area contributed by atoms with Crippen molar-refractivity contribution in [3.05, 3.63) is 89.7 Å². The molecule has 3 aromatic rings. The van der Waals surface area contributed by atoms with E-state index >= 15 is 0 Å². The Hall–Kier alpha value is -3.67. The number of nitrogens with zero attached hydrogens (tertiary/aromatic N) is 1. The molecule has 6 nitrogen and oxygen atoms in total. The van der Waals surface area contributed by atoms with Crippen LogP contribution in [0.5, 0.6) is 5.75 Å². The maximum absolute atomic E-state index is 12.6. The summed E-state index contributed by atoms with van der Waals surface area (Å²) in [5.41, 5.74) is 2.07. The first-order valence-electron chi connectivity index (χ1n) is 8.98. The van der Waals surface area contributed by atoms with Crippen LogP contribution in [0, 0.1) is 0 Å². The van der Waals surface area contributed by atoms with E-state index in [1.807, 2.05) is 43.3 Å². The Morgan fingerprint density at radius 3 is 2.50 bits per heavy atom. The van der Waals surface area contributed by atoms with Gasteiger partial charge in [-0.25, -0.2) is 0 Å². The van der Waals surface area contributed by atoms with E-state index < -0.39 is 5.91 Å². The van der Waals surface area contributed by atoms with Gasteiger partial charge in [-0.15, -0.1) is 0 Å². The Morgan fingerprint density at radius 2 is 1.71 bits per heavy atom. The molecule has 6 heteroatoms. The number of amides is 2. The van der Waals surface area contributed by atoms with Crippen molar-refractivity contribution in [3.63, 3.8) is 0 Å². The van der Waals surface area contributed by atoms with E-state index in [4.69, 9.17) is 4.74 Å².